The van der Waals surface area contributed by atoms with Gasteiger partial charge in [-0.25, -0.2) is 4.99 Å². The van der Waals surface area contributed by atoms with E-state index in [-0.39, 0.29) is 0 Å². The summed E-state index contributed by atoms with van der Waals surface area (Å²) in [7, 11) is 0. The van der Waals surface area contributed by atoms with Crippen molar-refractivity contribution in [2.45, 2.75) is 20.4 Å². The van der Waals surface area contributed by atoms with Crippen LogP contribution in [0.1, 0.15) is 11.1 Å². The smallest absolute Gasteiger partial charge is 0.190 e. The van der Waals surface area contributed by atoms with Crippen LogP contribution in [0.5, 0.6) is 0 Å². The van der Waals surface area contributed by atoms with E-state index in [1.165, 1.54) is 22.4 Å². The average molecular weight is 428 g/mol. The van der Waals surface area contributed by atoms with Gasteiger partial charge in [-0.15, -0.1) is 11.3 Å². The third kappa shape index (κ3) is 4.98. The Bertz CT molecular complexity index is 1030. The highest BCUT2D eigenvalue weighted by molar-refractivity contribution is 7.07. The zero-order valence-electron chi connectivity index (χ0n) is 16.9. The molecular formula is C23H26ClN3OS. The second-order valence-electron chi connectivity index (χ2n) is 7.40. The normalized spacial score (nSPS) is 15.8. The molecule has 0 unspecified atom stereocenters. The van der Waals surface area contributed by atoms with E-state index < -0.39 is 0 Å². The van der Waals surface area contributed by atoms with E-state index in [4.69, 9.17) is 21.3 Å². The van der Waals surface area contributed by atoms with Crippen molar-refractivity contribution in [3.8, 4) is 11.3 Å². The van der Waals surface area contributed by atoms with Crippen LogP contribution in [0.4, 0.5) is 5.69 Å². The molecular weight excluding hydrogens is 402 g/mol. The van der Waals surface area contributed by atoms with Crippen LogP contribution in [0.2, 0.25) is 5.02 Å². The zero-order chi connectivity index (χ0) is 20.2. The molecule has 1 aliphatic rings. The Morgan fingerprint density at radius 3 is 2.48 bits per heavy atom. The molecule has 0 N–H and O–H groups in total. The van der Waals surface area contributed by atoms with Crippen molar-refractivity contribution in [3.05, 3.63) is 68.8 Å². The van der Waals surface area contributed by atoms with Gasteiger partial charge in [0.05, 0.1) is 24.6 Å². The molecule has 0 bridgehead atoms. The van der Waals surface area contributed by atoms with Crippen LogP contribution in [0, 0.1) is 13.8 Å². The van der Waals surface area contributed by atoms with Gasteiger partial charge in [-0.2, -0.15) is 0 Å². The minimum Gasteiger partial charge on any atom is -0.379 e. The number of aromatic nitrogens is 1. The molecule has 0 amide bonds. The Morgan fingerprint density at radius 2 is 1.76 bits per heavy atom. The number of thiazole rings is 1. The maximum Gasteiger partial charge on any atom is 0.190 e. The van der Waals surface area contributed by atoms with Gasteiger partial charge in [0, 0.05) is 36.6 Å². The van der Waals surface area contributed by atoms with E-state index in [2.05, 4.69) is 46.9 Å². The molecule has 4 rings (SSSR count). The molecule has 4 nitrogen and oxygen atoms in total. The van der Waals surface area contributed by atoms with Crippen molar-refractivity contribution in [3.63, 3.8) is 0 Å². The fourth-order valence-electron chi connectivity index (χ4n) is 3.46. The Hall–Kier alpha value is -1.92. The highest BCUT2D eigenvalue weighted by Gasteiger charge is 2.13. The number of hydrogen-bond donors (Lipinski definition) is 0. The molecule has 1 saturated heterocycles. The molecule has 2 heterocycles. The molecule has 6 heteroatoms. The Balaban J connectivity index is 1.71. The molecule has 0 spiro atoms. The minimum atomic E-state index is 0.728. The summed E-state index contributed by atoms with van der Waals surface area (Å²) in [6.07, 6.45) is 0. The van der Waals surface area contributed by atoms with Crippen LogP contribution in [-0.4, -0.2) is 42.3 Å². The standard InChI is InChI=1S/C23H26ClN3OS/c1-17-3-4-19(15-18(17)2)22-16-29-23(25-21-7-5-20(24)6-8-21)27(22)10-9-26-11-13-28-14-12-26/h3-8,15-16H,9-14H2,1-2H3. The van der Waals surface area contributed by atoms with Crippen molar-refractivity contribution >= 4 is 28.6 Å². The molecule has 1 fully saturated rings. The molecule has 3 aromatic rings. The Kier molecular flexibility index (Phi) is 6.50. The summed E-state index contributed by atoms with van der Waals surface area (Å²) in [4.78, 5) is 8.38. The summed E-state index contributed by atoms with van der Waals surface area (Å²) in [5.74, 6) is 0. The van der Waals surface area contributed by atoms with E-state index in [1.807, 2.05) is 24.3 Å². The third-order valence-electron chi connectivity index (χ3n) is 5.40. The summed E-state index contributed by atoms with van der Waals surface area (Å²) in [6, 6.07) is 14.4. The second-order valence-corrected chi connectivity index (χ2v) is 8.67. The van der Waals surface area contributed by atoms with Crippen LogP contribution in [0.3, 0.4) is 0 Å². The number of morpholine rings is 1. The monoisotopic (exact) mass is 427 g/mol. The second kappa shape index (κ2) is 9.26. The first kappa shape index (κ1) is 20.4. The van der Waals surface area contributed by atoms with Crippen molar-refractivity contribution in [1.29, 1.82) is 0 Å². The lowest BCUT2D eigenvalue weighted by atomic mass is 10.0. The van der Waals surface area contributed by atoms with Crippen molar-refractivity contribution < 1.29 is 4.74 Å². The highest BCUT2D eigenvalue weighted by Crippen LogP contribution is 2.24. The van der Waals surface area contributed by atoms with Gasteiger partial charge in [0.1, 0.15) is 0 Å². The molecule has 0 atom stereocenters. The van der Waals surface area contributed by atoms with Gasteiger partial charge in [0.2, 0.25) is 0 Å². The number of aryl methyl sites for hydroxylation is 2. The van der Waals surface area contributed by atoms with E-state index in [0.717, 1.165) is 54.9 Å². The zero-order valence-corrected chi connectivity index (χ0v) is 18.5. The van der Waals surface area contributed by atoms with E-state index in [0.29, 0.717) is 0 Å². The molecule has 1 aromatic heterocycles. The van der Waals surface area contributed by atoms with E-state index in [1.54, 1.807) is 11.3 Å². The van der Waals surface area contributed by atoms with Gasteiger partial charge in [0.25, 0.3) is 0 Å². The first-order valence-electron chi connectivity index (χ1n) is 9.96. The average Bonchev–Trinajstić information content (AvgIpc) is 3.13. The first-order valence-corrected chi connectivity index (χ1v) is 11.2. The van der Waals surface area contributed by atoms with Crippen LogP contribution < -0.4 is 4.80 Å². The Labute approximate surface area is 181 Å². The quantitative estimate of drug-likeness (QED) is 0.570. The lowest BCUT2D eigenvalue weighted by molar-refractivity contribution is 0.0363. The largest absolute Gasteiger partial charge is 0.379 e. The summed E-state index contributed by atoms with van der Waals surface area (Å²) in [6.45, 7) is 9.84. The maximum atomic E-state index is 6.03. The van der Waals surface area contributed by atoms with Gasteiger partial charge in [-0.1, -0.05) is 23.7 Å². The van der Waals surface area contributed by atoms with Crippen LogP contribution in [0.25, 0.3) is 11.3 Å². The van der Waals surface area contributed by atoms with Gasteiger partial charge in [-0.3, -0.25) is 4.90 Å². The third-order valence-corrected chi connectivity index (χ3v) is 6.51. The maximum absolute atomic E-state index is 6.03. The van der Waals surface area contributed by atoms with Crippen molar-refractivity contribution in [2.75, 3.05) is 32.8 Å². The molecule has 152 valence electrons. The molecule has 1 aliphatic heterocycles. The molecule has 0 radical (unpaired) electrons. The van der Waals surface area contributed by atoms with Crippen molar-refractivity contribution in [2.24, 2.45) is 4.99 Å². The summed E-state index contributed by atoms with van der Waals surface area (Å²) < 4.78 is 7.84. The fraction of sp³-hybridized carbons (Fsp3) is 0.348. The minimum absolute atomic E-state index is 0.728. The van der Waals surface area contributed by atoms with Gasteiger partial charge in [-0.05, 0) is 60.9 Å². The number of rotatable bonds is 5. The van der Waals surface area contributed by atoms with Crippen molar-refractivity contribution in [1.82, 2.24) is 9.47 Å². The molecule has 0 aliphatic carbocycles. The number of ether oxygens (including phenoxy) is 1. The van der Waals surface area contributed by atoms with E-state index in [9.17, 15) is 0 Å². The highest BCUT2D eigenvalue weighted by atomic mass is 35.5. The predicted molar refractivity (Wildman–Crippen MR) is 121 cm³/mol. The number of halogens is 1. The predicted octanol–water partition coefficient (Wildman–Crippen LogP) is 5.05. The van der Waals surface area contributed by atoms with Crippen LogP contribution >= 0.6 is 22.9 Å². The summed E-state index contributed by atoms with van der Waals surface area (Å²) in [5, 5.41) is 2.95. The summed E-state index contributed by atoms with van der Waals surface area (Å²) in [5.41, 5.74) is 6.01. The molecule has 2 aromatic carbocycles. The summed E-state index contributed by atoms with van der Waals surface area (Å²) >= 11 is 7.72. The topological polar surface area (TPSA) is 29.8 Å². The molecule has 0 saturated carbocycles. The lowest BCUT2D eigenvalue weighted by Crippen LogP contribution is -2.39. The van der Waals surface area contributed by atoms with Gasteiger partial charge >= 0.3 is 0 Å². The van der Waals surface area contributed by atoms with E-state index >= 15 is 0 Å². The first-order chi connectivity index (χ1) is 14.1. The van der Waals surface area contributed by atoms with Gasteiger partial charge < -0.3 is 9.30 Å². The van der Waals surface area contributed by atoms with Crippen LogP contribution in [-0.2, 0) is 11.3 Å². The SMILES string of the molecule is Cc1ccc(-c2csc(=Nc3ccc(Cl)cc3)n2CCN2CCOCC2)cc1C. The lowest BCUT2D eigenvalue weighted by Gasteiger charge is -2.26. The van der Waals surface area contributed by atoms with Crippen LogP contribution in [0.15, 0.2) is 52.8 Å². The molecule has 29 heavy (non-hydrogen) atoms. The number of hydrogen-bond acceptors (Lipinski definition) is 4. The number of nitrogens with zero attached hydrogens (tertiary/aromatic N) is 3. The number of benzene rings is 2. The fourth-order valence-corrected chi connectivity index (χ4v) is 4.54. The Morgan fingerprint density at radius 1 is 1.00 bits per heavy atom. The van der Waals surface area contributed by atoms with Gasteiger partial charge in [0.15, 0.2) is 4.80 Å².